The van der Waals surface area contributed by atoms with E-state index in [-0.39, 0.29) is 0 Å². The van der Waals surface area contributed by atoms with Crippen LogP contribution in [-0.4, -0.2) is 0 Å². The number of benzene rings is 12. The first-order valence-electron chi connectivity index (χ1n) is 23.8. The number of fused-ring (bicyclic) bond motifs is 8. The topological polar surface area (TPSA) is 6.48 Å². The third-order valence-electron chi connectivity index (χ3n) is 14.0. The van der Waals surface area contributed by atoms with Gasteiger partial charge in [-0.1, -0.05) is 182 Å². The number of hydrogen-bond donors (Lipinski definition) is 0. The van der Waals surface area contributed by atoms with Gasteiger partial charge in [-0.3, -0.25) is 0 Å². The van der Waals surface area contributed by atoms with E-state index in [2.05, 4.69) is 265 Å². The molecule has 1 aliphatic rings. The van der Waals surface area contributed by atoms with Gasteiger partial charge >= 0.3 is 0 Å². The number of nitrogens with zero attached hydrogens (tertiary/aromatic N) is 2. The van der Waals surface area contributed by atoms with Crippen LogP contribution in [0, 0.1) is 0 Å². The average Bonchev–Trinajstić information content (AvgIpc) is 3.80. The predicted molar refractivity (Wildman–Crippen MR) is 302 cm³/mol. The van der Waals surface area contributed by atoms with Gasteiger partial charge in [0.05, 0.1) is 11.4 Å². The van der Waals surface area contributed by atoms with E-state index in [0.717, 1.165) is 34.1 Å². The molecule has 70 heavy (non-hydrogen) atoms. The Morgan fingerprint density at radius 2 is 0.714 bits per heavy atom. The summed E-state index contributed by atoms with van der Waals surface area (Å²) in [5.74, 6) is 0. The lowest BCUT2D eigenvalue weighted by atomic mass is 9.91. The summed E-state index contributed by atoms with van der Waals surface area (Å²) in [6.45, 7) is 0. The second kappa shape index (κ2) is 16.7. The van der Waals surface area contributed by atoms with Crippen molar-refractivity contribution in [3.8, 4) is 33.4 Å². The molecule has 0 unspecified atom stereocenters. The van der Waals surface area contributed by atoms with E-state index >= 15 is 0 Å². The second-order valence-electron chi connectivity index (χ2n) is 18.0. The first kappa shape index (κ1) is 40.6. The van der Waals surface area contributed by atoms with Crippen LogP contribution in [0.2, 0.25) is 0 Å². The number of rotatable bonds is 8. The van der Waals surface area contributed by atoms with Crippen LogP contribution >= 0.6 is 23.1 Å². The van der Waals surface area contributed by atoms with Crippen LogP contribution in [-0.2, 0) is 0 Å². The van der Waals surface area contributed by atoms with Crippen molar-refractivity contribution < 1.29 is 0 Å². The van der Waals surface area contributed by atoms with Crippen LogP contribution in [0.4, 0.5) is 34.1 Å². The summed E-state index contributed by atoms with van der Waals surface area (Å²) in [7, 11) is 0. The summed E-state index contributed by atoms with van der Waals surface area (Å²) in [4.78, 5) is 7.34. The monoisotopic (exact) mass is 926 g/mol. The Labute approximate surface area is 415 Å². The first-order valence-corrected chi connectivity index (χ1v) is 25.5. The number of anilines is 6. The lowest BCUT2D eigenvalue weighted by Gasteiger charge is -2.27. The zero-order chi connectivity index (χ0) is 46.1. The van der Waals surface area contributed by atoms with E-state index in [1.807, 2.05) is 23.1 Å². The molecule has 0 aliphatic carbocycles. The highest BCUT2D eigenvalue weighted by Gasteiger charge is 2.25. The summed E-state index contributed by atoms with van der Waals surface area (Å²) in [5.41, 5.74) is 14.4. The molecule has 1 aliphatic heterocycles. The first-order chi connectivity index (χ1) is 34.7. The van der Waals surface area contributed by atoms with E-state index in [1.54, 1.807) is 0 Å². The molecular weight excluding hydrogens is 885 g/mol. The van der Waals surface area contributed by atoms with Gasteiger partial charge in [-0.05, 0) is 134 Å². The Bertz CT molecular complexity index is 4070. The Morgan fingerprint density at radius 3 is 1.26 bits per heavy atom. The summed E-state index contributed by atoms with van der Waals surface area (Å²) in [6, 6.07) is 93.3. The number of hydrogen-bond acceptors (Lipinski definition) is 4. The minimum absolute atomic E-state index is 1.13. The van der Waals surface area contributed by atoms with E-state index in [4.69, 9.17) is 0 Å². The minimum Gasteiger partial charge on any atom is -0.310 e. The molecule has 0 saturated heterocycles. The van der Waals surface area contributed by atoms with Gasteiger partial charge in [-0.15, -0.1) is 11.3 Å². The van der Waals surface area contributed by atoms with E-state index in [0.29, 0.717) is 0 Å². The highest BCUT2D eigenvalue weighted by atomic mass is 32.2. The van der Waals surface area contributed by atoms with Crippen molar-refractivity contribution in [2.24, 2.45) is 0 Å². The third-order valence-corrected chi connectivity index (χ3v) is 16.2. The molecule has 0 amide bonds. The summed E-state index contributed by atoms with van der Waals surface area (Å²) < 4.78 is 2.62. The van der Waals surface area contributed by atoms with Gasteiger partial charge in [0.2, 0.25) is 0 Å². The normalized spacial score (nSPS) is 11.9. The summed E-state index contributed by atoms with van der Waals surface area (Å²) in [5, 5.41) is 10.2. The molecule has 0 atom stereocenters. The molecular formula is C66H42N2S2. The van der Waals surface area contributed by atoms with Crippen molar-refractivity contribution in [1.82, 2.24) is 0 Å². The molecule has 2 heterocycles. The van der Waals surface area contributed by atoms with E-state index in [9.17, 15) is 0 Å². The molecule has 14 rings (SSSR count). The van der Waals surface area contributed by atoms with Gasteiger partial charge in [0, 0.05) is 68.9 Å². The lowest BCUT2D eigenvalue weighted by Crippen LogP contribution is -2.10. The molecule has 0 spiro atoms. The molecule has 0 radical (unpaired) electrons. The molecule has 0 bridgehead atoms. The van der Waals surface area contributed by atoms with Crippen LogP contribution in [0.5, 0.6) is 0 Å². The Kier molecular flexibility index (Phi) is 9.68. The summed E-state index contributed by atoms with van der Waals surface area (Å²) in [6.07, 6.45) is 0. The van der Waals surface area contributed by atoms with E-state index < -0.39 is 0 Å². The molecule has 4 heteroatoms. The Hall–Kier alpha value is -8.41. The highest BCUT2D eigenvalue weighted by Crippen LogP contribution is 2.54. The van der Waals surface area contributed by atoms with Crippen molar-refractivity contribution in [2.75, 3.05) is 9.80 Å². The van der Waals surface area contributed by atoms with Crippen LogP contribution in [0.25, 0.3) is 85.9 Å². The molecule has 12 aromatic carbocycles. The summed E-state index contributed by atoms with van der Waals surface area (Å²) >= 11 is 3.81. The molecule has 2 nitrogen and oxygen atoms in total. The maximum atomic E-state index is 2.47. The molecule has 328 valence electrons. The fourth-order valence-electron chi connectivity index (χ4n) is 10.9. The number of thiophene rings is 1. The SMILES string of the molecule is c1ccc(N(c2ccccc2)c2ccc(-c3ccc4c(c3)Sc3cccc5c3c-4cc3sc4cc(-c6ccc(N(c7ccccc7)c7ccccc7)c7ccccc67)ccc4c35)c3ccccc23)cc1. The van der Waals surface area contributed by atoms with Crippen LogP contribution in [0.3, 0.4) is 0 Å². The van der Waals surface area contributed by atoms with Crippen LogP contribution < -0.4 is 9.80 Å². The maximum Gasteiger partial charge on any atom is 0.0540 e. The van der Waals surface area contributed by atoms with Gasteiger partial charge in [0.15, 0.2) is 0 Å². The van der Waals surface area contributed by atoms with Crippen LogP contribution in [0.15, 0.2) is 265 Å². The fourth-order valence-corrected chi connectivity index (χ4v) is 13.3. The second-order valence-corrected chi connectivity index (χ2v) is 20.1. The molecule has 0 N–H and O–H groups in total. The fraction of sp³-hybridized carbons (Fsp3) is 0. The van der Waals surface area contributed by atoms with Gasteiger partial charge < -0.3 is 9.80 Å². The molecule has 13 aromatic rings. The number of para-hydroxylation sites is 4. The largest absolute Gasteiger partial charge is 0.310 e. The van der Waals surface area contributed by atoms with Gasteiger partial charge in [0.25, 0.3) is 0 Å². The van der Waals surface area contributed by atoms with Crippen molar-refractivity contribution in [3.63, 3.8) is 0 Å². The predicted octanol–water partition coefficient (Wildman–Crippen LogP) is 19.9. The zero-order valence-electron chi connectivity index (χ0n) is 38.0. The van der Waals surface area contributed by atoms with E-state index in [1.165, 1.54) is 95.7 Å². The molecule has 0 saturated carbocycles. The molecule has 0 fully saturated rings. The van der Waals surface area contributed by atoms with Gasteiger partial charge in [-0.25, -0.2) is 0 Å². The maximum absolute atomic E-state index is 2.47. The van der Waals surface area contributed by atoms with Crippen molar-refractivity contribution in [1.29, 1.82) is 0 Å². The van der Waals surface area contributed by atoms with Gasteiger partial charge in [0.1, 0.15) is 0 Å². The third kappa shape index (κ3) is 6.63. The van der Waals surface area contributed by atoms with Gasteiger partial charge in [-0.2, -0.15) is 0 Å². The Balaban J connectivity index is 0.865. The quantitative estimate of drug-likeness (QED) is 0.150. The average molecular weight is 927 g/mol. The smallest absolute Gasteiger partial charge is 0.0540 e. The van der Waals surface area contributed by atoms with Crippen LogP contribution in [0.1, 0.15) is 0 Å². The zero-order valence-corrected chi connectivity index (χ0v) is 39.6. The lowest BCUT2D eigenvalue weighted by molar-refractivity contribution is 1.30. The van der Waals surface area contributed by atoms with Crippen molar-refractivity contribution in [2.45, 2.75) is 9.79 Å². The van der Waals surface area contributed by atoms with Crippen molar-refractivity contribution in [3.05, 3.63) is 255 Å². The molecule has 1 aromatic heterocycles. The standard InChI is InChI=1S/C66H42N2S2/c1-5-18-45(19-6-1)67(46-20-7-2-8-21-46)59-38-36-49(51-26-13-15-28-53(51)59)43-32-34-55-58-42-64-65(57-30-17-31-61(66(57)58)69-62(55)40-43)56-35-33-44(41-63(56)70-64)50-37-39-60(54-29-16-14-27-52(50)54)68(47-22-9-3-10-23-47)48-24-11-4-12-25-48/h1-42H. The minimum atomic E-state index is 1.13. The highest BCUT2D eigenvalue weighted by molar-refractivity contribution is 7.99. The Morgan fingerprint density at radius 1 is 0.257 bits per heavy atom. The van der Waals surface area contributed by atoms with Crippen molar-refractivity contribution >= 4 is 110 Å².